The summed E-state index contributed by atoms with van der Waals surface area (Å²) < 4.78 is 17.3. The summed E-state index contributed by atoms with van der Waals surface area (Å²) in [6, 6.07) is 9.19. The normalized spacial score (nSPS) is 13.1. The fourth-order valence-electron chi connectivity index (χ4n) is 1.28. The molecular weight excluding hydrogens is 192 g/mol. The highest BCUT2D eigenvalue weighted by molar-refractivity contribution is 5.39. The van der Waals surface area contributed by atoms with E-state index in [0.29, 0.717) is 0 Å². The summed E-state index contributed by atoms with van der Waals surface area (Å²) in [7, 11) is 0. The average molecular weight is 206 g/mol. The van der Waals surface area contributed by atoms with Crippen molar-refractivity contribution in [3.05, 3.63) is 64.5 Å². The number of nitrogens with zero attached hydrogens (tertiary/aromatic N) is 2. The third-order valence-corrected chi connectivity index (χ3v) is 1.95. The van der Waals surface area contributed by atoms with Gasteiger partial charge in [-0.05, 0) is 12.1 Å². The van der Waals surface area contributed by atoms with Crippen molar-refractivity contribution in [1.82, 2.24) is 4.57 Å². The Bertz CT molecular complexity index is 538. The molecule has 1 aromatic heterocycles. The van der Waals surface area contributed by atoms with E-state index in [1.54, 1.807) is 18.2 Å². The van der Waals surface area contributed by atoms with Crippen LogP contribution in [0, 0.1) is 10.1 Å². The van der Waals surface area contributed by atoms with Crippen molar-refractivity contribution in [3.63, 3.8) is 0 Å². The van der Waals surface area contributed by atoms with Gasteiger partial charge in [0.15, 0.2) is 0 Å². The number of nitro benzene ring substituents is 1. The third-order valence-electron chi connectivity index (χ3n) is 1.95. The van der Waals surface area contributed by atoms with Crippen LogP contribution in [0.3, 0.4) is 0 Å². The van der Waals surface area contributed by atoms with E-state index in [0.717, 1.165) is 0 Å². The number of hydrogen-bond acceptors (Lipinski definition) is 2. The summed E-state index contributed by atoms with van der Waals surface area (Å²) in [6.45, 7) is -1.94. The fraction of sp³-hybridized carbons (Fsp3) is 0.0909. The van der Waals surface area contributed by atoms with Gasteiger partial charge in [-0.3, -0.25) is 10.1 Å². The van der Waals surface area contributed by atoms with Gasteiger partial charge in [0.1, 0.15) is 0 Å². The molecule has 0 aliphatic carbocycles. The van der Waals surface area contributed by atoms with Crippen LogP contribution >= 0.6 is 0 Å². The SMILES string of the molecule is [3H]C([3H])(c1ccccc1[N+](=O)[O-])n1cccc1. The maximum absolute atomic E-state index is 10.9. The Morgan fingerprint density at radius 2 is 1.93 bits per heavy atom. The minimum absolute atomic E-state index is 0.0428. The van der Waals surface area contributed by atoms with Crippen molar-refractivity contribution < 1.29 is 7.66 Å². The molecule has 0 bridgehead atoms. The van der Waals surface area contributed by atoms with Gasteiger partial charge >= 0.3 is 0 Å². The zero-order valence-electron chi connectivity index (χ0n) is 9.83. The largest absolute Gasteiger partial charge is 0.350 e. The standard InChI is InChI=1S/C11H10N2O2/c14-13(15)11-6-2-1-5-10(11)9-12-7-3-4-8-12/h1-8H,9H2/i9T2. The molecule has 0 fully saturated rings. The molecule has 0 N–H and O–H groups in total. The second-order valence-electron chi connectivity index (χ2n) is 2.98. The van der Waals surface area contributed by atoms with Crippen LogP contribution < -0.4 is 0 Å². The third kappa shape index (κ3) is 2.04. The molecule has 0 aliphatic heterocycles. The molecular formula is C11H10N2O2. The highest BCUT2D eigenvalue weighted by atomic mass is 16.6. The summed E-state index contributed by atoms with van der Waals surface area (Å²) in [4.78, 5) is 10.3. The van der Waals surface area contributed by atoms with Gasteiger partial charge in [-0.2, -0.15) is 0 Å². The molecule has 0 saturated heterocycles. The van der Waals surface area contributed by atoms with E-state index < -0.39 is 11.4 Å². The lowest BCUT2D eigenvalue weighted by molar-refractivity contribution is -0.385. The molecule has 1 heterocycles. The number of nitro groups is 1. The fourth-order valence-corrected chi connectivity index (χ4v) is 1.28. The molecule has 0 unspecified atom stereocenters. The molecule has 2 aromatic rings. The molecule has 15 heavy (non-hydrogen) atoms. The molecule has 0 saturated carbocycles. The Morgan fingerprint density at radius 3 is 2.60 bits per heavy atom. The topological polar surface area (TPSA) is 48.1 Å². The first-order valence-electron chi connectivity index (χ1n) is 5.41. The quantitative estimate of drug-likeness (QED) is 0.572. The first-order chi connectivity index (χ1) is 8.03. The average Bonchev–Trinajstić information content (AvgIpc) is 2.83. The summed E-state index contributed by atoms with van der Waals surface area (Å²) in [6.07, 6.45) is 3.08. The van der Waals surface area contributed by atoms with E-state index >= 15 is 0 Å². The second kappa shape index (κ2) is 3.96. The molecule has 2 rings (SSSR count). The summed E-state index contributed by atoms with van der Waals surface area (Å²) >= 11 is 0. The van der Waals surface area contributed by atoms with Crippen molar-refractivity contribution in [2.24, 2.45) is 0 Å². The number of hydrogen-bond donors (Lipinski definition) is 0. The summed E-state index contributed by atoms with van der Waals surface area (Å²) in [5.74, 6) is 0. The van der Waals surface area contributed by atoms with Gasteiger partial charge in [-0.25, -0.2) is 0 Å². The first kappa shape index (κ1) is 7.23. The van der Waals surface area contributed by atoms with E-state index in [1.807, 2.05) is 0 Å². The smallest absolute Gasteiger partial charge is 0.274 e. The molecule has 0 amide bonds. The lowest BCUT2D eigenvalue weighted by Crippen LogP contribution is -2.00. The van der Waals surface area contributed by atoms with Crippen LogP contribution in [0.4, 0.5) is 5.69 Å². The highest BCUT2D eigenvalue weighted by Crippen LogP contribution is 2.18. The second-order valence-corrected chi connectivity index (χ2v) is 2.98. The van der Waals surface area contributed by atoms with Crippen LogP contribution in [0.2, 0.25) is 0 Å². The number of benzene rings is 1. The van der Waals surface area contributed by atoms with Crippen molar-refractivity contribution in [2.75, 3.05) is 0 Å². The molecule has 0 spiro atoms. The van der Waals surface area contributed by atoms with Crippen LogP contribution in [0.5, 0.6) is 0 Å². The number of para-hydroxylation sites is 1. The van der Waals surface area contributed by atoms with Crippen LogP contribution in [0.25, 0.3) is 0 Å². The van der Waals surface area contributed by atoms with Crippen molar-refractivity contribution in [1.29, 1.82) is 0 Å². The first-order valence-corrected chi connectivity index (χ1v) is 4.41. The molecule has 4 nitrogen and oxygen atoms in total. The zero-order chi connectivity index (χ0) is 12.5. The van der Waals surface area contributed by atoms with Gasteiger partial charge in [0, 0.05) is 24.0 Å². The van der Waals surface area contributed by atoms with E-state index in [4.69, 9.17) is 2.74 Å². The Balaban J connectivity index is 2.57. The van der Waals surface area contributed by atoms with Crippen LogP contribution in [-0.4, -0.2) is 9.49 Å². The van der Waals surface area contributed by atoms with Gasteiger partial charge in [-0.1, -0.05) is 18.2 Å². The van der Waals surface area contributed by atoms with Gasteiger partial charge in [-0.15, -0.1) is 0 Å². The van der Waals surface area contributed by atoms with Crippen LogP contribution in [0.1, 0.15) is 8.30 Å². The molecule has 76 valence electrons. The Kier molecular flexibility index (Phi) is 1.91. The summed E-state index contributed by atoms with van der Waals surface area (Å²) in [5.41, 5.74) is -0.174. The Morgan fingerprint density at radius 1 is 1.27 bits per heavy atom. The lowest BCUT2D eigenvalue weighted by atomic mass is 10.2. The molecule has 1 aromatic carbocycles. The highest BCUT2D eigenvalue weighted by Gasteiger charge is 2.11. The van der Waals surface area contributed by atoms with Gasteiger partial charge < -0.3 is 4.57 Å². The van der Waals surface area contributed by atoms with E-state index in [-0.39, 0.29) is 11.3 Å². The van der Waals surface area contributed by atoms with Crippen molar-refractivity contribution in [2.45, 2.75) is 6.50 Å². The maximum Gasteiger partial charge on any atom is 0.274 e. The molecule has 0 aliphatic rings. The predicted octanol–water partition coefficient (Wildman–Crippen LogP) is 2.44. The minimum Gasteiger partial charge on any atom is -0.350 e. The number of aromatic nitrogens is 1. The van der Waals surface area contributed by atoms with E-state index in [9.17, 15) is 10.1 Å². The Labute approximate surface area is 89.7 Å². The zero-order valence-corrected chi connectivity index (χ0v) is 7.83. The number of rotatable bonds is 3. The van der Waals surface area contributed by atoms with E-state index in [2.05, 4.69) is 0 Å². The Hall–Kier alpha value is -2.10. The minimum atomic E-state index is -1.94. The van der Waals surface area contributed by atoms with Crippen molar-refractivity contribution >= 4 is 5.69 Å². The molecule has 0 radical (unpaired) electrons. The molecule has 4 heteroatoms. The van der Waals surface area contributed by atoms with E-state index in [1.165, 1.54) is 35.2 Å². The predicted molar refractivity (Wildman–Crippen MR) is 56.6 cm³/mol. The van der Waals surface area contributed by atoms with Gasteiger partial charge in [0.05, 0.1) is 14.2 Å². The monoisotopic (exact) mass is 206 g/mol. The molecule has 0 atom stereocenters. The van der Waals surface area contributed by atoms with Crippen LogP contribution in [-0.2, 0) is 6.50 Å². The summed E-state index contributed by atoms with van der Waals surface area (Å²) in [5, 5.41) is 10.9. The lowest BCUT2D eigenvalue weighted by Gasteiger charge is -2.03. The van der Waals surface area contributed by atoms with Gasteiger partial charge in [0.25, 0.3) is 5.69 Å². The van der Waals surface area contributed by atoms with Gasteiger partial charge in [0.2, 0.25) is 0 Å². The van der Waals surface area contributed by atoms with Crippen molar-refractivity contribution in [3.8, 4) is 0 Å². The maximum atomic E-state index is 10.9. The van der Waals surface area contributed by atoms with Crippen LogP contribution in [0.15, 0.2) is 48.8 Å².